The van der Waals surface area contributed by atoms with Crippen molar-refractivity contribution in [3.8, 4) is 0 Å². The van der Waals surface area contributed by atoms with Crippen LogP contribution in [0.5, 0.6) is 0 Å². The summed E-state index contributed by atoms with van der Waals surface area (Å²) in [7, 11) is 4.17. The summed E-state index contributed by atoms with van der Waals surface area (Å²) in [6.45, 7) is 11.2. The number of rotatable bonds is 4. The van der Waals surface area contributed by atoms with Crippen LogP contribution in [0.15, 0.2) is 4.99 Å². The minimum absolute atomic E-state index is 0.611. The zero-order valence-corrected chi connectivity index (χ0v) is 11.7. The lowest BCUT2D eigenvalue weighted by atomic mass is 10.0. The molecule has 0 aromatic carbocycles. The lowest BCUT2D eigenvalue weighted by molar-refractivity contribution is 0.254. The number of guanidine groups is 1. The third kappa shape index (κ3) is 3.39. The molecule has 1 aliphatic heterocycles. The van der Waals surface area contributed by atoms with E-state index in [-0.39, 0.29) is 0 Å². The van der Waals surface area contributed by atoms with Gasteiger partial charge in [0.2, 0.25) is 0 Å². The summed E-state index contributed by atoms with van der Waals surface area (Å²) >= 11 is 0. The van der Waals surface area contributed by atoms with Crippen LogP contribution in [-0.2, 0) is 0 Å². The zero-order chi connectivity index (χ0) is 12.3. The fourth-order valence-corrected chi connectivity index (χ4v) is 2.31. The molecule has 94 valence electrons. The van der Waals surface area contributed by atoms with Gasteiger partial charge in [0, 0.05) is 20.6 Å². The molecule has 0 N–H and O–H groups in total. The van der Waals surface area contributed by atoms with Crippen LogP contribution in [0.25, 0.3) is 0 Å². The van der Waals surface area contributed by atoms with Crippen LogP contribution in [0.2, 0.25) is 0 Å². The lowest BCUT2D eigenvalue weighted by Gasteiger charge is -2.32. The van der Waals surface area contributed by atoms with Gasteiger partial charge in [-0.3, -0.25) is 4.99 Å². The van der Waals surface area contributed by atoms with Crippen LogP contribution < -0.4 is 0 Å². The van der Waals surface area contributed by atoms with Gasteiger partial charge in [-0.1, -0.05) is 27.7 Å². The second kappa shape index (κ2) is 5.55. The van der Waals surface area contributed by atoms with Crippen molar-refractivity contribution in [3.63, 3.8) is 0 Å². The Hall–Kier alpha value is -0.730. The Morgan fingerprint density at radius 2 is 1.88 bits per heavy atom. The number of hydrogen-bond acceptors (Lipinski definition) is 3. The van der Waals surface area contributed by atoms with Crippen molar-refractivity contribution in [2.24, 2.45) is 16.8 Å². The molecule has 0 aliphatic carbocycles. The monoisotopic (exact) mass is 225 g/mol. The lowest BCUT2D eigenvalue weighted by Crippen LogP contribution is -2.45. The maximum atomic E-state index is 4.67. The minimum atomic E-state index is 0.611. The van der Waals surface area contributed by atoms with Crippen LogP contribution in [-0.4, -0.2) is 49.0 Å². The minimum Gasteiger partial charge on any atom is -0.349 e. The van der Waals surface area contributed by atoms with E-state index in [1.165, 1.54) is 12.4 Å². The van der Waals surface area contributed by atoms with Crippen molar-refractivity contribution in [2.45, 2.75) is 40.2 Å². The van der Waals surface area contributed by atoms with E-state index in [0.717, 1.165) is 19.0 Å². The van der Waals surface area contributed by atoms with Crippen LogP contribution in [0, 0.1) is 11.8 Å². The number of nitrogens with zero attached hydrogens (tertiary/aromatic N) is 3. The molecule has 0 bridgehead atoms. The summed E-state index contributed by atoms with van der Waals surface area (Å²) in [5.41, 5.74) is 0. The maximum absolute atomic E-state index is 4.67. The van der Waals surface area contributed by atoms with E-state index < -0.39 is 0 Å². The average molecular weight is 225 g/mol. The Kier molecular flexibility index (Phi) is 4.63. The molecule has 0 fully saturated rings. The van der Waals surface area contributed by atoms with Crippen LogP contribution in [0.3, 0.4) is 0 Å². The first kappa shape index (κ1) is 13.3. The largest absolute Gasteiger partial charge is 0.349 e. The molecule has 0 radical (unpaired) electrons. The van der Waals surface area contributed by atoms with Crippen molar-refractivity contribution < 1.29 is 0 Å². The van der Waals surface area contributed by atoms with Crippen LogP contribution >= 0.6 is 0 Å². The summed E-state index contributed by atoms with van der Waals surface area (Å²) in [6.07, 6.45) is 1.24. The molecule has 0 saturated heterocycles. The maximum Gasteiger partial charge on any atom is 0.196 e. The molecule has 0 aromatic rings. The first-order valence-electron chi connectivity index (χ1n) is 6.40. The molecule has 1 rings (SSSR count). The van der Waals surface area contributed by atoms with Crippen molar-refractivity contribution in [3.05, 3.63) is 0 Å². The molecule has 16 heavy (non-hydrogen) atoms. The van der Waals surface area contributed by atoms with Crippen LogP contribution in [0.1, 0.15) is 34.1 Å². The predicted octanol–water partition coefficient (Wildman–Crippen LogP) is 2.29. The van der Waals surface area contributed by atoms with Gasteiger partial charge in [0.25, 0.3) is 0 Å². The van der Waals surface area contributed by atoms with Crippen molar-refractivity contribution in [1.29, 1.82) is 0 Å². The molecule has 0 amide bonds. The van der Waals surface area contributed by atoms with Gasteiger partial charge >= 0.3 is 0 Å². The van der Waals surface area contributed by atoms with Crippen molar-refractivity contribution >= 4 is 5.96 Å². The quantitative estimate of drug-likeness (QED) is 0.731. The normalized spacial score (nSPS) is 20.9. The molecule has 1 heterocycles. The fourth-order valence-electron chi connectivity index (χ4n) is 2.31. The first-order valence-corrected chi connectivity index (χ1v) is 6.40. The van der Waals surface area contributed by atoms with Gasteiger partial charge in [-0.15, -0.1) is 0 Å². The molecule has 0 unspecified atom stereocenters. The highest BCUT2D eigenvalue weighted by Crippen LogP contribution is 2.20. The Balaban J connectivity index is 2.68. The molecule has 0 spiro atoms. The standard InChI is InChI=1S/C13H27N3/c1-10(2)7-12-8-14-13(15(5)6)16(12)9-11(3)4/h10-12H,7-9H2,1-6H3/t12-/m0/s1. The fraction of sp³-hybridized carbons (Fsp3) is 0.923. The SMILES string of the molecule is CC(C)C[C@H]1CN=C(N(C)C)N1CC(C)C. The van der Waals surface area contributed by atoms with E-state index in [1.807, 2.05) is 0 Å². The molecule has 3 nitrogen and oxygen atoms in total. The van der Waals surface area contributed by atoms with Gasteiger partial charge in [-0.25, -0.2) is 0 Å². The van der Waals surface area contributed by atoms with Gasteiger partial charge in [0.1, 0.15) is 0 Å². The zero-order valence-electron chi connectivity index (χ0n) is 11.7. The van der Waals surface area contributed by atoms with E-state index in [1.54, 1.807) is 0 Å². The van der Waals surface area contributed by atoms with Gasteiger partial charge in [0.15, 0.2) is 5.96 Å². The Morgan fingerprint density at radius 3 is 2.31 bits per heavy atom. The van der Waals surface area contributed by atoms with Gasteiger partial charge in [-0.2, -0.15) is 0 Å². The van der Waals surface area contributed by atoms with Crippen molar-refractivity contribution in [2.75, 3.05) is 27.2 Å². The third-order valence-corrected chi connectivity index (χ3v) is 2.85. The highest BCUT2D eigenvalue weighted by Gasteiger charge is 2.29. The third-order valence-electron chi connectivity index (χ3n) is 2.85. The highest BCUT2D eigenvalue weighted by atomic mass is 15.4. The summed E-state index contributed by atoms with van der Waals surface area (Å²) in [6, 6.07) is 0.611. The summed E-state index contributed by atoms with van der Waals surface area (Å²) < 4.78 is 0. The summed E-state index contributed by atoms with van der Waals surface area (Å²) in [4.78, 5) is 9.30. The van der Waals surface area contributed by atoms with E-state index in [0.29, 0.717) is 12.0 Å². The molecular weight excluding hydrogens is 198 g/mol. The van der Waals surface area contributed by atoms with Gasteiger partial charge in [0.05, 0.1) is 12.6 Å². The van der Waals surface area contributed by atoms with E-state index in [2.05, 4.69) is 56.6 Å². The Bertz CT molecular complexity index is 244. The van der Waals surface area contributed by atoms with Gasteiger partial charge in [-0.05, 0) is 18.3 Å². The molecular formula is C13H27N3. The molecule has 1 aliphatic rings. The van der Waals surface area contributed by atoms with Gasteiger partial charge < -0.3 is 9.80 Å². The highest BCUT2D eigenvalue weighted by molar-refractivity contribution is 5.81. The second-order valence-corrected chi connectivity index (χ2v) is 5.86. The smallest absolute Gasteiger partial charge is 0.196 e. The number of aliphatic imine (C=N–C) groups is 1. The van der Waals surface area contributed by atoms with E-state index >= 15 is 0 Å². The average Bonchev–Trinajstić information content (AvgIpc) is 2.47. The Labute approximate surface area is 101 Å². The second-order valence-electron chi connectivity index (χ2n) is 5.86. The first-order chi connectivity index (χ1) is 7.41. The molecule has 3 heteroatoms. The topological polar surface area (TPSA) is 18.8 Å². The molecule has 0 aromatic heterocycles. The summed E-state index contributed by atoms with van der Waals surface area (Å²) in [5, 5.41) is 0. The number of hydrogen-bond donors (Lipinski definition) is 0. The Morgan fingerprint density at radius 1 is 1.25 bits per heavy atom. The van der Waals surface area contributed by atoms with E-state index in [9.17, 15) is 0 Å². The molecule has 0 saturated carbocycles. The molecule has 1 atom stereocenters. The predicted molar refractivity (Wildman–Crippen MR) is 70.8 cm³/mol. The van der Waals surface area contributed by atoms with Crippen molar-refractivity contribution in [1.82, 2.24) is 9.80 Å². The van der Waals surface area contributed by atoms with E-state index in [4.69, 9.17) is 0 Å². The van der Waals surface area contributed by atoms with Crippen LogP contribution in [0.4, 0.5) is 0 Å². The summed E-state index contributed by atoms with van der Waals surface area (Å²) in [5.74, 6) is 2.61.